The number of carbonyl (C=O) groups excluding carboxylic acids is 2. The van der Waals surface area contributed by atoms with Crippen LogP contribution in [0.3, 0.4) is 0 Å². The van der Waals surface area contributed by atoms with E-state index < -0.39 is 5.60 Å². The van der Waals surface area contributed by atoms with Crippen LogP contribution in [0.25, 0.3) is 11.3 Å². The largest absolute Gasteiger partial charge is 0.493 e. The zero-order chi connectivity index (χ0) is 28.9. The van der Waals surface area contributed by atoms with Gasteiger partial charge in [0.15, 0.2) is 5.75 Å². The first-order valence-corrected chi connectivity index (χ1v) is 14.1. The zero-order valence-electron chi connectivity index (χ0n) is 23.4. The van der Waals surface area contributed by atoms with Crippen LogP contribution in [-0.2, 0) is 11.2 Å². The van der Waals surface area contributed by atoms with Crippen molar-refractivity contribution >= 4 is 35.0 Å². The van der Waals surface area contributed by atoms with Gasteiger partial charge in [0.1, 0.15) is 5.60 Å². The van der Waals surface area contributed by atoms with Gasteiger partial charge >= 0.3 is 6.09 Å². The van der Waals surface area contributed by atoms with Gasteiger partial charge in [0.25, 0.3) is 5.91 Å². The maximum absolute atomic E-state index is 13.1. The summed E-state index contributed by atoms with van der Waals surface area (Å²) in [5.41, 5.74) is 4.19. The number of halogens is 1. The van der Waals surface area contributed by atoms with Crippen LogP contribution >= 0.6 is 11.6 Å². The number of aromatic nitrogens is 2. The van der Waals surface area contributed by atoms with Crippen molar-refractivity contribution in [1.29, 1.82) is 0 Å². The molecule has 1 saturated heterocycles. The molecule has 41 heavy (non-hydrogen) atoms. The highest BCUT2D eigenvalue weighted by atomic mass is 35.5. The summed E-state index contributed by atoms with van der Waals surface area (Å²) in [7, 11) is 1.55. The number of fused-ring (bicyclic) bond motifs is 2. The average Bonchev–Trinajstić information content (AvgIpc) is 3.42. The molecule has 0 radical (unpaired) electrons. The van der Waals surface area contributed by atoms with Gasteiger partial charge in [0.2, 0.25) is 0 Å². The second kappa shape index (κ2) is 10.3. The van der Waals surface area contributed by atoms with Crippen molar-refractivity contribution in [3.05, 3.63) is 58.5 Å². The second-order valence-electron chi connectivity index (χ2n) is 11.6. The van der Waals surface area contributed by atoms with Gasteiger partial charge in [-0.2, -0.15) is 0 Å². The Morgan fingerprint density at radius 3 is 2.85 bits per heavy atom. The van der Waals surface area contributed by atoms with Crippen molar-refractivity contribution in [2.75, 3.05) is 19.0 Å². The Morgan fingerprint density at radius 1 is 1.24 bits per heavy atom. The Hall–Kier alpha value is -4.16. The molecule has 6 rings (SSSR count). The molecule has 9 nitrogen and oxygen atoms in total. The number of piperidine rings is 1. The normalized spacial score (nSPS) is 20.8. The fraction of sp³-hybridized carbons (Fsp3) is 0.387. The number of H-pyrrole nitrogens is 1. The maximum Gasteiger partial charge on any atom is 0.411 e. The molecule has 0 bridgehead atoms. The Bertz CT molecular complexity index is 1600. The number of likely N-dealkylation sites (tertiary alicyclic amines) is 1. The van der Waals surface area contributed by atoms with Gasteiger partial charge in [-0.3, -0.25) is 14.7 Å². The van der Waals surface area contributed by atoms with Crippen molar-refractivity contribution in [1.82, 2.24) is 20.2 Å². The smallest absolute Gasteiger partial charge is 0.411 e. The topological polar surface area (TPSA) is 109 Å². The summed E-state index contributed by atoms with van der Waals surface area (Å²) in [6, 6.07) is 7.23. The predicted molar refractivity (Wildman–Crippen MR) is 157 cm³/mol. The van der Waals surface area contributed by atoms with Crippen molar-refractivity contribution in [2.24, 2.45) is 5.92 Å². The minimum Gasteiger partial charge on any atom is -0.493 e. The highest BCUT2D eigenvalue weighted by molar-refractivity contribution is 6.32. The van der Waals surface area contributed by atoms with Crippen LogP contribution in [0.15, 0.2) is 36.7 Å². The van der Waals surface area contributed by atoms with E-state index in [1.54, 1.807) is 30.5 Å². The molecule has 0 unspecified atom stereocenters. The third-order valence-corrected chi connectivity index (χ3v) is 7.87. The maximum atomic E-state index is 13.1. The van der Waals surface area contributed by atoms with E-state index in [0.29, 0.717) is 57.9 Å². The first-order valence-electron chi connectivity index (χ1n) is 13.7. The Kier molecular flexibility index (Phi) is 6.82. The number of benzene rings is 1. The standard InChI is InChI=1S/C31H32ClN5O4/c1-31(2,3)41-30(39)37-19(14-18-15-24(18)37)9-8-17-16-33-12-10-20(17)26-27(25-22(35-26)11-13-34-29(25)38)36-23-7-5-6-21(32)28(23)40-4/h5-7,10,12,16,18-19,24,35-36H,11,13-15H2,1-4H3,(H,34,38)/t18-,19-,24+/m0/s1. The number of rotatable bonds is 4. The van der Waals surface area contributed by atoms with Gasteiger partial charge in [-0.15, -0.1) is 0 Å². The van der Waals surface area contributed by atoms with Gasteiger partial charge in [0.05, 0.1) is 46.4 Å². The Labute approximate surface area is 244 Å². The van der Waals surface area contributed by atoms with Crippen LogP contribution < -0.4 is 15.4 Å². The van der Waals surface area contributed by atoms with Crippen molar-refractivity contribution in [2.45, 2.75) is 57.7 Å². The molecule has 212 valence electrons. The van der Waals surface area contributed by atoms with Gasteiger partial charge in [-0.25, -0.2) is 4.79 Å². The summed E-state index contributed by atoms with van der Waals surface area (Å²) in [4.78, 5) is 35.7. The zero-order valence-corrected chi connectivity index (χ0v) is 24.2. The van der Waals surface area contributed by atoms with Crippen molar-refractivity contribution < 1.29 is 19.1 Å². The van der Waals surface area contributed by atoms with Gasteiger partial charge in [-0.1, -0.05) is 29.5 Å². The summed E-state index contributed by atoms with van der Waals surface area (Å²) in [5.74, 6) is 7.41. The number of amides is 2. The predicted octanol–water partition coefficient (Wildman–Crippen LogP) is 5.52. The van der Waals surface area contributed by atoms with Crippen LogP contribution in [0.4, 0.5) is 16.2 Å². The van der Waals surface area contributed by atoms with E-state index in [0.717, 1.165) is 24.1 Å². The molecule has 3 aromatic rings. The van der Waals surface area contributed by atoms with Crippen LogP contribution in [-0.4, -0.2) is 58.2 Å². The second-order valence-corrected chi connectivity index (χ2v) is 12.0. The molecule has 10 heteroatoms. The molecule has 3 N–H and O–H groups in total. The number of ether oxygens (including phenoxy) is 2. The summed E-state index contributed by atoms with van der Waals surface area (Å²) >= 11 is 6.39. The summed E-state index contributed by atoms with van der Waals surface area (Å²) < 4.78 is 11.2. The lowest BCUT2D eigenvalue weighted by atomic mass is 10.0. The third kappa shape index (κ3) is 5.20. The van der Waals surface area contributed by atoms with Crippen LogP contribution in [0, 0.1) is 17.8 Å². The molecule has 1 saturated carbocycles. The van der Waals surface area contributed by atoms with Crippen molar-refractivity contribution in [3.63, 3.8) is 0 Å². The molecule has 3 aliphatic rings. The summed E-state index contributed by atoms with van der Waals surface area (Å²) in [6.45, 7) is 6.15. The number of pyridine rings is 1. The number of nitrogens with zero attached hydrogens (tertiary/aromatic N) is 2. The molecule has 4 heterocycles. The molecule has 2 aliphatic heterocycles. The number of carbonyl (C=O) groups is 2. The molecular weight excluding hydrogens is 542 g/mol. The molecule has 1 aromatic carbocycles. The molecule has 2 fully saturated rings. The lowest BCUT2D eigenvalue weighted by molar-refractivity contribution is 0.0224. The molecular formula is C31H32ClN5O4. The number of anilines is 2. The van der Waals surface area contributed by atoms with E-state index in [1.165, 1.54) is 0 Å². The van der Waals surface area contributed by atoms with Crippen molar-refractivity contribution in [3.8, 4) is 28.8 Å². The monoisotopic (exact) mass is 573 g/mol. The van der Waals surface area contributed by atoms with E-state index >= 15 is 0 Å². The molecule has 0 spiro atoms. The van der Waals surface area contributed by atoms with Crippen LogP contribution in [0.2, 0.25) is 5.02 Å². The molecule has 1 aliphatic carbocycles. The summed E-state index contributed by atoms with van der Waals surface area (Å²) in [6.07, 6.45) is 5.56. The van der Waals surface area contributed by atoms with E-state index in [9.17, 15) is 9.59 Å². The number of hydrogen-bond donors (Lipinski definition) is 3. The van der Waals surface area contributed by atoms with E-state index in [1.807, 2.05) is 39.0 Å². The summed E-state index contributed by atoms with van der Waals surface area (Å²) in [5, 5.41) is 6.80. The number of nitrogens with one attached hydrogen (secondary N) is 3. The number of aromatic amines is 1. The lowest BCUT2D eigenvalue weighted by Gasteiger charge is -2.28. The van der Waals surface area contributed by atoms with E-state index in [-0.39, 0.29) is 24.1 Å². The minimum atomic E-state index is -0.577. The minimum absolute atomic E-state index is 0.169. The van der Waals surface area contributed by atoms with Gasteiger partial charge in [-0.05, 0) is 57.7 Å². The third-order valence-electron chi connectivity index (χ3n) is 7.57. The first-order chi connectivity index (χ1) is 19.6. The number of hydrogen-bond acceptors (Lipinski definition) is 6. The SMILES string of the molecule is COc1c(Cl)cccc1Nc1c(-c2ccncc2C#C[C@H]2C[C@H]3C[C@H]3N2C(=O)OC(C)(C)C)[nH]c2c1C(=O)NCC2. The molecule has 3 atom stereocenters. The average molecular weight is 574 g/mol. The Morgan fingerprint density at radius 2 is 2.07 bits per heavy atom. The van der Waals surface area contributed by atoms with E-state index in [4.69, 9.17) is 21.1 Å². The van der Waals surface area contributed by atoms with Gasteiger partial charge < -0.3 is 25.1 Å². The highest BCUT2D eigenvalue weighted by Gasteiger charge is 2.54. The first kappa shape index (κ1) is 27.0. The van der Waals surface area contributed by atoms with E-state index in [2.05, 4.69) is 32.4 Å². The van der Waals surface area contributed by atoms with Gasteiger partial charge in [0, 0.05) is 42.7 Å². The van der Waals surface area contributed by atoms with Crippen LogP contribution in [0.1, 0.15) is 55.2 Å². The highest BCUT2D eigenvalue weighted by Crippen LogP contribution is 2.48. The Balaban J connectivity index is 1.39. The van der Waals surface area contributed by atoms with Crippen LogP contribution in [0.5, 0.6) is 5.75 Å². The fourth-order valence-electron chi connectivity index (χ4n) is 5.69. The quantitative estimate of drug-likeness (QED) is 0.355. The number of methoxy groups -OCH3 is 1. The fourth-order valence-corrected chi connectivity index (χ4v) is 5.94. The molecule has 2 aromatic heterocycles. The molecule has 2 amide bonds. The lowest BCUT2D eigenvalue weighted by Crippen LogP contribution is -2.41. The number of para-hydroxylation sites is 1.